The normalized spacial score (nSPS) is 10.4. The second kappa shape index (κ2) is 5.39. The predicted octanol–water partition coefficient (Wildman–Crippen LogP) is 5.12. The van der Waals surface area contributed by atoms with Crippen molar-refractivity contribution in [1.82, 2.24) is 0 Å². The third-order valence-electron chi connectivity index (χ3n) is 2.56. The Morgan fingerprint density at radius 2 is 1.72 bits per heavy atom. The first-order valence-electron chi connectivity index (χ1n) is 5.15. The molecule has 0 fully saturated rings. The Morgan fingerprint density at radius 1 is 1.06 bits per heavy atom. The van der Waals surface area contributed by atoms with E-state index in [0.717, 1.165) is 15.4 Å². The molecule has 0 amide bonds. The fourth-order valence-electron chi connectivity index (χ4n) is 1.65. The topological polar surface area (TPSA) is 0 Å². The molecule has 0 atom stereocenters. The zero-order chi connectivity index (χ0) is 13.3. The second-order valence-corrected chi connectivity index (χ2v) is 5.21. The van der Waals surface area contributed by atoms with E-state index in [4.69, 9.17) is 11.6 Å². The van der Waals surface area contributed by atoms with Crippen molar-refractivity contribution in [1.29, 1.82) is 0 Å². The highest BCUT2D eigenvalue weighted by Gasteiger charge is 2.10. The van der Waals surface area contributed by atoms with Gasteiger partial charge < -0.3 is 0 Å². The van der Waals surface area contributed by atoms with E-state index in [-0.39, 0.29) is 5.82 Å². The Balaban J connectivity index is 2.48. The van der Waals surface area contributed by atoms with Gasteiger partial charge in [0.05, 0.1) is 5.02 Å². The molecule has 92 valence electrons. The van der Waals surface area contributed by atoms with Gasteiger partial charge in [0.1, 0.15) is 5.82 Å². The fourth-order valence-corrected chi connectivity index (χ4v) is 2.59. The number of halogens is 2. The highest BCUT2D eigenvalue weighted by atomic mass is 35.5. The highest BCUT2D eigenvalue weighted by molar-refractivity contribution is 7.81. The first-order chi connectivity index (χ1) is 8.49. The molecular weight excluding hydrogens is 287 g/mol. The SMILES string of the molecule is C=C(c1ccc(S)cc1S)c1ccc(F)cc1Cl. The van der Waals surface area contributed by atoms with Crippen molar-refractivity contribution in [2.75, 3.05) is 0 Å². The maximum atomic E-state index is 13.0. The van der Waals surface area contributed by atoms with Crippen molar-refractivity contribution < 1.29 is 4.39 Å². The van der Waals surface area contributed by atoms with Crippen LogP contribution >= 0.6 is 36.9 Å². The summed E-state index contributed by atoms with van der Waals surface area (Å²) in [6, 6.07) is 9.78. The quantitative estimate of drug-likeness (QED) is 0.706. The summed E-state index contributed by atoms with van der Waals surface area (Å²) in [5.74, 6) is -0.367. The average molecular weight is 297 g/mol. The molecular formula is C14H10ClFS2. The molecule has 0 saturated heterocycles. The second-order valence-electron chi connectivity index (χ2n) is 3.80. The van der Waals surface area contributed by atoms with Crippen molar-refractivity contribution in [3.05, 3.63) is 64.9 Å². The lowest BCUT2D eigenvalue weighted by Crippen LogP contribution is -1.90. The van der Waals surface area contributed by atoms with Crippen LogP contribution in [0.15, 0.2) is 52.8 Å². The Bertz CT molecular complexity index is 570. The first-order valence-corrected chi connectivity index (χ1v) is 6.43. The van der Waals surface area contributed by atoms with Crippen LogP contribution in [-0.4, -0.2) is 0 Å². The average Bonchev–Trinajstić information content (AvgIpc) is 2.28. The van der Waals surface area contributed by atoms with Crippen molar-refractivity contribution in [3.63, 3.8) is 0 Å². The van der Waals surface area contributed by atoms with Gasteiger partial charge in [-0.1, -0.05) is 24.2 Å². The van der Waals surface area contributed by atoms with Crippen LogP contribution in [0.4, 0.5) is 4.39 Å². The lowest BCUT2D eigenvalue weighted by Gasteiger charge is -2.11. The van der Waals surface area contributed by atoms with Gasteiger partial charge in [-0.25, -0.2) is 4.39 Å². The first kappa shape index (κ1) is 13.5. The smallest absolute Gasteiger partial charge is 0.124 e. The maximum Gasteiger partial charge on any atom is 0.124 e. The molecule has 4 heteroatoms. The fraction of sp³-hybridized carbons (Fsp3) is 0. The summed E-state index contributed by atoms with van der Waals surface area (Å²) in [7, 11) is 0. The molecule has 0 spiro atoms. The van der Waals surface area contributed by atoms with E-state index < -0.39 is 0 Å². The summed E-state index contributed by atoms with van der Waals surface area (Å²) in [6.07, 6.45) is 0. The van der Waals surface area contributed by atoms with Crippen molar-refractivity contribution in [2.45, 2.75) is 9.79 Å². The minimum Gasteiger partial charge on any atom is -0.207 e. The van der Waals surface area contributed by atoms with Crippen LogP contribution in [0, 0.1) is 5.82 Å². The molecule has 0 aliphatic carbocycles. The van der Waals surface area contributed by atoms with Gasteiger partial charge in [0.25, 0.3) is 0 Å². The third-order valence-corrected chi connectivity index (χ3v) is 3.52. The Labute approximate surface area is 121 Å². The van der Waals surface area contributed by atoms with E-state index in [2.05, 4.69) is 31.8 Å². The summed E-state index contributed by atoms with van der Waals surface area (Å²) >= 11 is 14.6. The van der Waals surface area contributed by atoms with Gasteiger partial charge >= 0.3 is 0 Å². The largest absolute Gasteiger partial charge is 0.207 e. The lowest BCUT2D eigenvalue weighted by molar-refractivity contribution is 0.628. The summed E-state index contributed by atoms with van der Waals surface area (Å²) in [5, 5.41) is 0.336. The molecule has 2 rings (SSSR count). The van der Waals surface area contributed by atoms with Gasteiger partial charge in [0.15, 0.2) is 0 Å². The summed E-state index contributed by atoms with van der Waals surface area (Å²) in [6.45, 7) is 4.00. The molecule has 18 heavy (non-hydrogen) atoms. The van der Waals surface area contributed by atoms with Gasteiger partial charge in [-0.3, -0.25) is 0 Å². The Kier molecular flexibility index (Phi) is 4.05. The molecule has 2 aromatic rings. The zero-order valence-corrected chi connectivity index (χ0v) is 11.9. The van der Waals surface area contributed by atoms with Crippen LogP contribution in [-0.2, 0) is 0 Å². The van der Waals surface area contributed by atoms with Gasteiger partial charge in [-0.2, -0.15) is 0 Å². The van der Waals surface area contributed by atoms with E-state index in [1.54, 1.807) is 6.07 Å². The van der Waals surface area contributed by atoms with Crippen LogP contribution in [0.5, 0.6) is 0 Å². The van der Waals surface area contributed by atoms with E-state index >= 15 is 0 Å². The van der Waals surface area contributed by atoms with Crippen molar-refractivity contribution >= 4 is 42.4 Å². The molecule has 0 aliphatic heterocycles. The van der Waals surface area contributed by atoms with Crippen LogP contribution in [0.2, 0.25) is 5.02 Å². The standard InChI is InChI=1S/C14H10ClFS2/c1-8(11-4-2-9(16)6-13(11)15)12-5-3-10(17)7-14(12)18/h2-7,17-18H,1H2. The monoisotopic (exact) mass is 296 g/mol. The Hall–Kier alpha value is -0.900. The molecule has 0 unspecified atom stereocenters. The number of hydrogen-bond donors (Lipinski definition) is 2. The van der Waals surface area contributed by atoms with Crippen molar-refractivity contribution in [2.24, 2.45) is 0 Å². The Morgan fingerprint density at radius 3 is 2.33 bits per heavy atom. The van der Waals surface area contributed by atoms with E-state index in [1.165, 1.54) is 12.1 Å². The summed E-state index contributed by atoms with van der Waals surface area (Å²) in [4.78, 5) is 1.58. The molecule has 0 aromatic heterocycles. The van der Waals surface area contributed by atoms with E-state index in [0.29, 0.717) is 16.2 Å². The van der Waals surface area contributed by atoms with Crippen LogP contribution < -0.4 is 0 Å². The number of hydrogen-bond acceptors (Lipinski definition) is 2. The zero-order valence-electron chi connectivity index (χ0n) is 9.32. The van der Waals surface area contributed by atoms with Gasteiger partial charge in [-0.15, -0.1) is 25.3 Å². The summed E-state index contributed by atoms with van der Waals surface area (Å²) < 4.78 is 13.0. The van der Waals surface area contributed by atoms with E-state index in [1.807, 2.05) is 18.2 Å². The number of benzene rings is 2. The van der Waals surface area contributed by atoms with E-state index in [9.17, 15) is 4.39 Å². The lowest BCUT2D eigenvalue weighted by atomic mass is 9.99. The minimum absolute atomic E-state index is 0.336. The van der Waals surface area contributed by atoms with Crippen LogP contribution in [0.1, 0.15) is 11.1 Å². The number of thiol groups is 2. The van der Waals surface area contributed by atoms with Gasteiger partial charge in [0, 0.05) is 15.4 Å². The third kappa shape index (κ3) is 2.74. The van der Waals surface area contributed by atoms with Crippen molar-refractivity contribution in [3.8, 4) is 0 Å². The van der Waals surface area contributed by atoms with Gasteiger partial charge in [-0.05, 0) is 41.5 Å². The molecule has 0 bridgehead atoms. The molecule has 0 radical (unpaired) electrons. The molecule has 0 nitrogen and oxygen atoms in total. The summed E-state index contributed by atoms with van der Waals surface area (Å²) in [5.41, 5.74) is 2.25. The molecule has 0 heterocycles. The van der Waals surface area contributed by atoms with Crippen LogP contribution in [0.3, 0.4) is 0 Å². The molecule has 0 aliphatic rings. The molecule has 0 N–H and O–H groups in total. The van der Waals surface area contributed by atoms with Gasteiger partial charge in [0.2, 0.25) is 0 Å². The molecule has 2 aromatic carbocycles. The molecule has 0 saturated carbocycles. The maximum absolute atomic E-state index is 13.0. The van der Waals surface area contributed by atoms with Crippen LogP contribution in [0.25, 0.3) is 5.57 Å². The predicted molar refractivity (Wildman–Crippen MR) is 80.5 cm³/mol. The highest BCUT2D eigenvalue weighted by Crippen LogP contribution is 2.32. The number of rotatable bonds is 2. The minimum atomic E-state index is -0.367.